The van der Waals surface area contributed by atoms with Gasteiger partial charge in [-0.15, -0.1) is 0 Å². The molecule has 0 unspecified atom stereocenters. The Bertz CT molecular complexity index is 368. The standard InChI is InChI=1S/C8H9NO5/c1-3-13-8(10)6-4-14-7(5(6)2)9(11)12/h4H,3H2,1-2H3. The SMILES string of the molecule is CCOC(=O)c1coc([N+](=O)[O-])c1C. The summed E-state index contributed by atoms with van der Waals surface area (Å²) in [5.74, 6) is -1.03. The monoisotopic (exact) mass is 199 g/mol. The fourth-order valence-corrected chi connectivity index (χ4v) is 0.997. The van der Waals surface area contributed by atoms with E-state index in [0.717, 1.165) is 6.26 Å². The first kappa shape index (κ1) is 10.2. The number of esters is 1. The first-order valence-electron chi connectivity index (χ1n) is 3.97. The van der Waals surface area contributed by atoms with Crippen LogP contribution in [0.3, 0.4) is 0 Å². The maximum atomic E-state index is 11.2. The highest BCUT2D eigenvalue weighted by molar-refractivity contribution is 5.91. The van der Waals surface area contributed by atoms with Gasteiger partial charge in [0.1, 0.15) is 16.7 Å². The molecule has 0 spiro atoms. The summed E-state index contributed by atoms with van der Waals surface area (Å²) in [5.41, 5.74) is 0.284. The van der Waals surface area contributed by atoms with Crippen LogP contribution >= 0.6 is 0 Å². The summed E-state index contributed by atoms with van der Waals surface area (Å²) >= 11 is 0. The zero-order valence-electron chi connectivity index (χ0n) is 7.77. The van der Waals surface area contributed by atoms with Gasteiger partial charge in [-0.1, -0.05) is 0 Å². The molecule has 0 radical (unpaired) electrons. The van der Waals surface area contributed by atoms with Gasteiger partial charge in [0.25, 0.3) is 0 Å². The van der Waals surface area contributed by atoms with E-state index < -0.39 is 16.8 Å². The molecular formula is C8H9NO5. The van der Waals surface area contributed by atoms with E-state index in [9.17, 15) is 14.9 Å². The van der Waals surface area contributed by atoms with E-state index >= 15 is 0 Å². The molecule has 6 heteroatoms. The normalized spacial score (nSPS) is 9.86. The Labute approximate surface area is 79.6 Å². The van der Waals surface area contributed by atoms with Crippen LogP contribution in [0.25, 0.3) is 0 Å². The zero-order valence-corrected chi connectivity index (χ0v) is 7.77. The minimum Gasteiger partial charge on any atom is -0.462 e. The number of carbonyl (C=O) groups excluding carboxylic acids is 1. The van der Waals surface area contributed by atoms with Gasteiger partial charge in [0.05, 0.1) is 12.2 Å². The lowest BCUT2D eigenvalue weighted by molar-refractivity contribution is -0.402. The van der Waals surface area contributed by atoms with Crippen molar-refractivity contribution in [1.82, 2.24) is 0 Å². The van der Waals surface area contributed by atoms with Crippen molar-refractivity contribution in [3.63, 3.8) is 0 Å². The molecule has 14 heavy (non-hydrogen) atoms. The third-order valence-electron chi connectivity index (χ3n) is 1.67. The predicted octanol–water partition coefficient (Wildman–Crippen LogP) is 1.67. The molecule has 76 valence electrons. The third-order valence-corrected chi connectivity index (χ3v) is 1.67. The second-order valence-corrected chi connectivity index (χ2v) is 2.56. The summed E-state index contributed by atoms with van der Waals surface area (Å²) in [6.07, 6.45) is 1.03. The fourth-order valence-electron chi connectivity index (χ4n) is 0.997. The summed E-state index contributed by atoms with van der Waals surface area (Å²) in [5, 5.41) is 10.4. The number of rotatable bonds is 3. The topological polar surface area (TPSA) is 82.6 Å². The number of nitro groups is 1. The van der Waals surface area contributed by atoms with Crippen LogP contribution in [0, 0.1) is 17.0 Å². The van der Waals surface area contributed by atoms with Crippen LogP contribution in [0.15, 0.2) is 10.7 Å². The van der Waals surface area contributed by atoms with Crippen molar-refractivity contribution in [1.29, 1.82) is 0 Å². The highest BCUT2D eigenvalue weighted by Gasteiger charge is 2.24. The first-order chi connectivity index (χ1) is 6.57. The minimum atomic E-state index is -0.682. The van der Waals surface area contributed by atoms with Gasteiger partial charge in [0.15, 0.2) is 0 Å². The Morgan fingerprint density at radius 2 is 2.36 bits per heavy atom. The number of nitrogens with zero attached hydrogens (tertiary/aromatic N) is 1. The van der Waals surface area contributed by atoms with E-state index in [1.54, 1.807) is 6.92 Å². The first-order valence-corrected chi connectivity index (χ1v) is 3.97. The van der Waals surface area contributed by atoms with Crippen LogP contribution in [-0.4, -0.2) is 17.5 Å². The molecule has 1 aromatic heterocycles. The molecule has 0 saturated carbocycles. The van der Waals surface area contributed by atoms with E-state index in [2.05, 4.69) is 9.15 Å². The van der Waals surface area contributed by atoms with Crippen molar-refractivity contribution in [2.45, 2.75) is 13.8 Å². The number of carbonyl (C=O) groups is 1. The molecule has 0 aliphatic heterocycles. The van der Waals surface area contributed by atoms with Gasteiger partial charge in [0.2, 0.25) is 0 Å². The summed E-state index contributed by atoms with van der Waals surface area (Å²) in [7, 11) is 0. The smallest absolute Gasteiger partial charge is 0.436 e. The van der Waals surface area contributed by atoms with Crippen LogP contribution in [-0.2, 0) is 4.74 Å². The number of ether oxygens (including phenoxy) is 1. The summed E-state index contributed by atoms with van der Waals surface area (Å²) in [6.45, 7) is 3.31. The lowest BCUT2D eigenvalue weighted by atomic mass is 10.2. The van der Waals surface area contributed by atoms with Crippen molar-refractivity contribution in [2.24, 2.45) is 0 Å². The van der Waals surface area contributed by atoms with Crippen molar-refractivity contribution < 1.29 is 18.9 Å². The van der Waals surface area contributed by atoms with E-state index in [4.69, 9.17) is 0 Å². The van der Waals surface area contributed by atoms with Gasteiger partial charge in [-0.05, 0) is 13.8 Å². The van der Waals surface area contributed by atoms with Crippen molar-refractivity contribution in [2.75, 3.05) is 6.61 Å². The summed E-state index contributed by atoms with van der Waals surface area (Å²) in [6, 6.07) is 0. The van der Waals surface area contributed by atoms with Gasteiger partial charge in [0, 0.05) is 0 Å². The maximum absolute atomic E-state index is 11.2. The zero-order chi connectivity index (χ0) is 10.7. The quantitative estimate of drug-likeness (QED) is 0.420. The van der Waals surface area contributed by atoms with Crippen molar-refractivity contribution in [3.8, 4) is 0 Å². The molecule has 1 aromatic rings. The lowest BCUT2D eigenvalue weighted by Gasteiger charge is -1.97. The molecule has 0 N–H and O–H groups in total. The van der Waals surface area contributed by atoms with Gasteiger partial charge in [-0.25, -0.2) is 4.79 Å². The largest absolute Gasteiger partial charge is 0.462 e. The van der Waals surface area contributed by atoms with E-state index in [-0.39, 0.29) is 17.7 Å². The Hall–Kier alpha value is -1.85. The lowest BCUT2D eigenvalue weighted by Crippen LogP contribution is -2.04. The molecule has 0 aliphatic carbocycles. The maximum Gasteiger partial charge on any atom is 0.436 e. The van der Waals surface area contributed by atoms with Crippen molar-refractivity contribution in [3.05, 3.63) is 27.5 Å². The predicted molar refractivity (Wildman–Crippen MR) is 46.1 cm³/mol. The molecule has 1 heterocycles. The molecule has 6 nitrogen and oxygen atoms in total. The molecule has 0 aliphatic rings. The average Bonchev–Trinajstić information content (AvgIpc) is 2.47. The van der Waals surface area contributed by atoms with Crippen LogP contribution in [0.1, 0.15) is 22.8 Å². The highest BCUT2D eigenvalue weighted by atomic mass is 16.6. The molecule has 0 fully saturated rings. The number of hydrogen-bond acceptors (Lipinski definition) is 5. The molecule has 0 aromatic carbocycles. The van der Waals surface area contributed by atoms with E-state index in [1.165, 1.54) is 6.92 Å². The molecule has 0 atom stereocenters. The van der Waals surface area contributed by atoms with Gasteiger partial charge >= 0.3 is 11.9 Å². The van der Waals surface area contributed by atoms with Crippen molar-refractivity contribution >= 4 is 11.9 Å². The molecular weight excluding hydrogens is 190 g/mol. The Morgan fingerprint density at radius 3 is 2.79 bits per heavy atom. The second-order valence-electron chi connectivity index (χ2n) is 2.56. The Kier molecular flexibility index (Phi) is 2.85. The minimum absolute atomic E-state index is 0.0959. The van der Waals surface area contributed by atoms with E-state index in [0.29, 0.717) is 0 Å². The summed E-state index contributed by atoms with van der Waals surface area (Å²) in [4.78, 5) is 20.9. The molecule has 0 bridgehead atoms. The molecule has 0 amide bonds. The Morgan fingerprint density at radius 1 is 1.71 bits per heavy atom. The van der Waals surface area contributed by atoms with Gasteiger partial charge in [-0.2, -0.15) is 0 Å². The van der Waals surface area contributed by atoms with Crippen LogP contribution < -0.4 is 0 Å². The van der Waals surface area contributed by atoms with Gasteiger partial charge in [-0.3, -0.25) is 10.1 Å². The van der Waals surface area contributed by atoms with Crippen LogP contribution in [0.4, 0.5) is 5.88 Å². The highest BCUT2D eigenvalue weighted by Crippen LogP contribution is 2.23. The molecule has 0 saturated heterocycles. The summed E-state index contributed by atoms with van der Waals surface area (Å²) < 4.78 is 9.30. The van der Waals surface area contributed by atoms with Crippen LogP contribution in [0.2, 0.25) is 0 Å². The second kappa shape index (κ2) is 3.91. The number of hydrogen-bond donors (Lipinski definition) is 0. The van der Waals surface area contributed by atoms with Gasteiger partial charge < -0.3 is 9.15 Å². The fraction of sp³-hybridized carbons (Fsp3) is 0.375. The van der Waals surface area contributed by atoms with E-state index in [1.807, 2.05) is 0 Å². The van der Waals surface area contributed by atoms with Crippen LogP contribution in [0.5, 0.6) is 0 Å². The molecule has 1 rings (SSSR count). The average molecular weight is 199 g/mol. The Balaban J connectivity index is 3.00. The third kappa shape index (κ3) is 1.73. The number of furan rings is 1.